The van der Waals surface area contributed by atoms with Crippen molar-refractivity contribution in [1.82, 2.24) is 9.80 Å². The van der Waals surface area contributed by atoms with Crippen LogP contribution in [-0.4, -0.2) is 55.2 Å². The Labute approximate surface area is 179 Å². The molecule has 2 rings (SSSR count). The van der Waals surface area contributed by atoms with Gasteiger partial charge < -0.3 is 15.0 Å². The van der Waals surface area contributed by atoms with Crippen molar-refractivity contribution < 1.29 is 27.5 Å². The van der Waals surface area contributed by atoms with Crippen LogP contribution in [0.25, 0.3) is 0 Å². The molecule has 6 nitrogen and oxygen atoms in total. The van der Waals surface area contributed by atoms with E-state index < -0.39 is 6.36 Å². The van der Waals surface area contributed by atoms with E-state index in [0.717, 1.165) is 22.4 Å². The number of carbonyl (C=O) groups excluding carboxylic acids is 2. The van der Waals surface area contributed by atoms with E-state index in [0.29, 0.717) is 6.54 Å². The third kappa shape index (κ3) is 7.93. The summed E-state index contributed by atoms with van der Waals surface area (Å²) in [7, 11) is 3.26. The number of anilines is 1. The zero-order valence-electron chi connectivity index (χ0n) is 17.9. The molecule has 0 spiro atoms. The first kappa shape index (κ1) is 24.2. The Balaban J connectivity index is 1.84. The van der Waals surface area contributed by atoms with Crippen LogP contribution in [0.2, 0.25) is 0 Å². The molecule has 2 amide bonds. The van der Waals surface area contributed by atoms with E-state index in [1.165, 1.54) is 29.2 Å². The molecule has 0 aliphatic rings. The minimum atomic E-state index is -4.74. The van der Waals surface area contributed by atoms with Crippen LogP contribution in [0.5, 0.6) is 5.75 Å². The maximum atomic E-state index is 12.4. The molecule has 0 heterocycles. The highest BCUT2D eigenvalue weighted by Gasteiger charge is 2.31. The second kappa shape index (κ2) is 10.3. The van der Waals surface area contributed by atoms with E-state index in [-0.39, 0.29) is 30.7 Å². The quantitative estimate of drug-likeness (QED) is 0.684. The van der Waals surface area contributed by atoms with Crippen molar-refractivity contribution >= 4 is 17.5 Å². The van der Waals surface area contributed by atoms with Crippen LogP contribution >= 0.6 is 0 Å². The summed E-state index contributed by atoms with van der Waals surface area (Å²) in [5, 5.41) is 2.84. The zero-order valence-corrected chi connectivity index (χ0v) is 17.9. The first-order chi connectivity index (χ1) is 14.4. The summed E-state index contributed by atoms with van der Waals surface area (Å²) in [6.07, 6.45) is -4.74. The van der Waals surface area contributed by atoms with Gasteiger partial charge in [-0.2, -0.15) is 0 Å². The summed E-state index contributed by atoms with van der Waals surface area (Å²) in [5.41, 5.74) is 3.34. The average molecular weight is 437 g/mol. The normalized spacial score (nSPS) is 11.4. The standard InChI is InChI=1S/C22H26F3N3O3/c1-15-6-5-7-16(2)21(15)26-19(29)13-28(4)20(30)14-27(3)12-17-8-10-18(11-9-17)31-22(23,24)25/h5-11H,12-14H2,1-4H3,(H,26,29). The molecular formula is C22H26F3N3O3. The molecule has 0 saturated heterocycles. The van der Waals surface area contributed by atoms with Gasteiger partial charge >= 0.3 is 6.36 Å². The lowest BCUT2D eigenvalue weighted by atomic mass is 10.1. The van der Waals surface area contributed by atoms with Crippen molar-refractivity contribution in [3.8, 4) is 5.75 Å². The highest BCUT2D eigenvalue weighted by Crippen LogP contribution is 2.23. The molecule has 0 radical (unpaired) electrons. The molecule has 31 heavy (non-hydrogen) atoms. The lowest BCUT2D eigenvalue weighted by molar-refractivity contribution is -0.274. The Kier molecular flexibility index (Phi) is 8.04. The lowest BCUT2D eigenvalue weighted by Crippen LogP contribution is -2.40. The van der Waals surface area contributed by atoms with E-state index in [4.69, 9.17) is 0 Å². The van der Waals surface area contributed by atoms with Crippen molar-refractivity contribution in [2.45, 2.75) is 26.8 Å². The predicted octanol–water partition coefficient (Wildman–Crippen LogP) is 3.73. The van der Waals surface area contributed by atoms with Gasteiger partial charge in [0.05, 0.1) is 13.1 Å². The van der Waals surface area contributed by atoms with Crippen LogP contribution in [-0.2, 0) is 16.1 Å². The molecule has 1 N–H and O–H groups in total. The summed E-state index contributed by atoms with van der Waals surface area (Å²) < 4.78 is 40.5. The van der Waals surface area contributed by atoms with Gasteiger partial charge in [0.1, 0.15) is 5.75 Å². The largest absolute Gasteiger partial charge is 0.573 e. The molecular weight excluding hydrogens is 411 g/mol. The van der Waals surface area contributed by atoms with Crippen LogP contribution in [0.1, 0.15) is 16.7 Å². The molecule has 9 heteroatoms. The number of likely N-dealkylation sites (N-methyl/N-ethyl adjacent to an activating group) is 2. The van der Waals surface area contributed by atoms with E-state index in [1.807, 2.05) is 32.0 Å². The van der Waals surface area contributed by atoms with E-state index in [9.17, 15) is 22.8 Å². The Hall–Kier alpha value is -3.07. The first-order valence-corrected chi connectivity index (χ1v) is 9.58. The first-order valence-electron chi connectivity index (χ1n) is 9.58. The molecule has 0 atom stereocenters. The van der Waals surface area contributed by atoms with Gasteiger partial charge in [0.15, 0.2) is 0 Å². The third-order valence-electron chi connectivity index (χ3n) is 4.57. The Bertz CT molecular complexity index is 894. The van der Waals surface area contributed by atoms with Crippen LogP contribution in [0, 0.1) is 13.8 Å². The van der Waals surface area contributed by atoms with Gasteiger partial charge in [0.25, 0.3) is 0 Å². The molecule has 2 aromatic rings. The number of rotatable bonds is 8. The molecule has 0 bridgehead atoms. The summed E-state index contributed by atoms with van der Waals surface area (Å²) in [6, 6.07) is 11.2. The predicted molar refractivity (Wildman–Crippen MR) is 112 cm³/mol. The molecule has 0 unspecified atom stereocenters. The zero-order chi connectivity index (χ0) is 23.2. The van der Waals surface area contributed by atoms with Gasteiger partial charge in [0.2, 0.25) is 11.8 Å². The molecule has 0 fully saturated rings. The summed E-state index contributed by atoms with van der Waals surface area (Å²) in [6.45, 7) is 4.10. The number of hydrogen-bond donors (Lipinski definition) is 1. The maximum Gasteiger partial charge on any atom is 0.573 e. The molecule has 0 aromatic heterocycles. The number of halogens is 3. The van der Waals surface area contributed by atoms with E-state index in [1.54, 1.807) is 19.0 Å². The maximum absolute atomic E-state index is 12.4. The highest BCUT2D eigenvalue weighted by atomic mass is 19.4. The van der Waals surface area contributed by atoms with E-state index in [2.05, 4.69) is 10.1 Å². The van der Waals surface area contributed by atoms with Gasteiger partial charge in [-0.15, -0.1) is 13.2 Å². The Morgan fingerprint density at radius 2 is 1.55 bits per heavy atom. The fraction of sp³-hybridized carbons (Fsp3) is 0.364. The molecule has 0 aliphatic heterocycles. The number of carbonyl (C=O) groups is 2. The summed E-state index contributed by atoms with van der Waals surface area (Å²) in [5.74, 6) is -0.850. The van der Waals surface area contributed by atoms with Crippen LogP contribution < -0.4 is 10.1 Å². The number of nitrogens with zero attached hydrogens (tertiary/aromatic N) is 2. The lowest BCUT2D eigenvalue weighted by Gasteiger charge is -2.22. The second-order valence-electron chi connectivity index (χ2n) is 7.43. The third-order valence-corrected chi connectivity index (χ3v) is 4.57. The minimum absolute atomic E-state index is 0.0496. The van der Waals surface area contributed by atoms with E-state index >= 15 is 0 Å². The number of hydrogen-bond acceptors (Lipinski definition) is 4. The van der Waals surface area contributed by atoms with Gasteiger partial charge in [-0.25, -0.2) is 0 Å². The molecule has 0 saturated carbocycles. The second-order valence-corrected chi connectivity index (χ2v) is 7.43. The van der Waals surface area contributed by atoms with Crippen molar-refractivity contribution in [1.29, 1.82) is 0 Å². The minimum Gasteiger partial charge on any atom is -0.406 e. The Morgan fingerprint density at radius 1 is 0.968 bits per heavy atom. The Morgan fingerprint density at radius 3 is 2.10 bits per heavy atom. The number of benzene rings is 2. The SMILES string of the molecule is Cc1cccc(C)c1NC(=O)CN(C)C(=O)CN(C)Cc1ccc(OC(F)(F)F)cc1. The topological polar surface area (TPSA) is 61.9 Å². The average Bonchev–Trinajstić information content (AvgIpc) is 2.65. The number of nitrogens with one attached hydrogen (secondary N) is 1. The summed E-state index contributed by atoms with van der Waals surface area (Å²) in [4.78, 5) is 27.8. The molecule has 0 aliphatic carbocycles. The molecule has 2 aromatic carbocycles. The summed E-state index contributed by atoms with van der Waals surface area (Å²) >= 11 is 0. The number of ether oxygens (including phenoxy) is 1. The highest BCUT2D eigenvalue weighted by molar-refractivity contribution is 5.95. The van der Waals surface area contributed by atoms with Crippen molar-refractivity contribution in [2.24, 2.45) is 0 Å². The number of alkyl halides is 3. The van der Waals surface area contributed by atoms with Crippen molar-refractivity contribution in [3.63, 3.8) is 0 Å². The fourth-order valence-electron chi connectivity index (χ4n) is 3.01. The fourth-order valence-corrected chi connectivity index (χ4v) is 3.01. The number of amides is 2. The van der Waals surface area contributed by atoms with Gasteiger partial charge in [-0.05, 0) is 49.7 Å². The van der Waals surface area contributed by atoms with Crippen molar-refractivity contribution in [3.05, 3.63) is 59.2 Å². The van der Waals surface area contributed by atoms with Crippen LogP contribution in [0.15, 0.2) is 42.5 Å². The van der Waals surface area contributed by atoms with Gasteiger partial charge in [-0.1, -0.05) is 30.3 Å². The molecule has 168 valence electrons. The van der Waals surface area contributed by atoms with Gasteiger partial charge in [0, 0.05) is 19.3 Å². The van der Waals surface area contributed by atoms with Crippen LogP contribution in [0.4, 0.5) is 18.9 Å². The monoisotopic (exact) mass is 437 g/mol. The number of para-hydroxylation sites is 1. The number of aryl methyl sites for hydroxylation is 2. The smallest absolute Gasteiger partial charge is 0.406 e. The van der Waals surface area contributed by atoms with Crippen LogP contribution in [0.3, 0.4) is 0 Å². The van der Waals surface area contributed by atoms with Crippen molar-refractivity contribution in [2.75, 3.05) is 32.5 Å². The van der Waals surface area contributed by atoms with Gasteiger partial charge in [-0.3, -0.25) is 14.5 Å².